The number of amides is 1. The highest BCUT2D eigenvalue weighted by Crippen LogP contribution is 2.49. The third kappa shape index (κ3) is 5.98. The Balaban J connectivity index is 1.35. The maximum Gasteiger partial charge on any atom is 0.235 e. The molecule has 1 aliphatic carbocycles. The fourth-order valence-electron chi connectivity index (χ4n) is 4.48. The fourth-order valence-corrected chi connectivity index (χ4v) is 5.14. The lowest BCUT2D eigenvalue weighted by atomic mass is 9.95. The molecule has 3 aromatic carbocycles. The average Bonchev–Trinajstić information content (AvgIpc) is 3.76. The van der Waals surface area contributed by atoms with Crippen molar-refractivity contribution in [1.82, 2.24) is 9.97 Å². The van der Waals surface area contributed by atoms with E-state index >= 15 is 0 Å². The SMILES string of the molecule is C[C@H](CO)Nc1nc(Nc2ccc([S@](C)(=N)=O)cc2)ncc1-c1ccc(NC(=O)C2(c3ccccc3)CC2)cc1. The molecule has 0 unspecified atom stereocenters. The Kier molecular flexibility index (Phi) is 7.55. The van der Waals surface area contributed by atoms with Crippen LogP contribution >= 0.6 is 0 Å². The Morgan fingerprint density at radius 1 is 1.02 bits per heavy atom. The molecule has 0 radical (unpaired) electrons. The van der Waals surface area contributed by atoms with Crippen LogP contribution in [0, 0.1) is 4.78 Å². The molecular formula is C30H32N6O3S. The van der Waals surface area contributed by atoms with E-state index in [1.54, 1.807) is 30.5 Å². The number of hydrogen-bond donors (Lipinski definition) is 5. The fraction of sp³-hybridized carbons (Fsp3) is 0.233. The summed E-state index contributed by atoms with van der Waals surface area (Å²) in [7, 11) is -2.79. The summed E-state index contributed by atoms with van der Waals surface area (Å²) in [5.74, 6) is 0.879. The van der Waals surface area contributed by atoms with E-state index in [0.29, 0.717) is 28.0 Å². The van der Waals surface area contributed by atoms with Gasteiger partial charge in [0.15, 0.2) is 0 Å². The van der Waals surface area contributed by atoms with Crippen LogP contribution in [0.3, 0.4) is 0 Å². The van der Waals surface area contributed by atoms with E-state index in [1.165, 1.54) is 6.26 Å². The van der Waals surface area contributed by atoms with E-state index in [0.717, 1.165) is 29.5 Å². The van der Waals surface area contributed by atoms with Gasteiger partial charge in [-0.2, -0.15) is 4.98 Å². The normalized spacial score (nSPS) is 15.9. The summed E-state index contributed by atoms with van der Waals surface area (Å²) in [6, 6.07) is 23.9. The first-order valence-corrected chi connectivity index (χ1v) is 15.0. The summed E-state index contributed by atoms with van der Waals surface area (Å²) in [5, 5.41) is 19.1. The monoisotopic (exact) mass is 556 g/mol. The zero-order valence-electron chi connectivity index (χ0n) is 22.3. The molecule has 0 bridgehead atoms. The van der Waals surface area contributed by atoms with E-state index in [-0.39, 0.29) is 18.6 Å². The molecule has 5 N–H and O–H groups in total. The zero-order chi connectivity index (χ0) is 28.3. The molecule has 1 amide bonds. The molecule has 0 spiro atoms. The standard InChI is InChI=1S/C30H32N6O3S/c1-20(19-37)33-27-26(18-32-29(36-27)35-24-12-14-25(15-13-24)40(2,31)39)21-8-10-23(11-9-21)34-28(38)30(16-17-30)22-6-4-3-5-7-22/h3-15,18,20,31,37H,16-17,19H2,1-2H3,(H,34,38)(H2,32,33,35,36)/t20-,40-/m1/s1. The van der Waals surface area contributed by atoms with Crippen LogP contribution in [0.1, 0.15) is 25.3 Å². The maximum atomic E-state index is 13.1. The number of carbonyl (C=O) groups excluding carboxylic acids is 1. The van der Waals surface area contributed by atoms with Gasteiger partial charge in [-0.1, -0.05) is 42.5 Å². The summed E-state index contributed by atoms with van der Waals surface area (Å²) in [6.07, 6.45) is 4.75. The van der Waals surface area contributed by atoms with Gasteiger partial charge in [-0.25, -0.2) is 14.0 Å². The molecule has 1 aromatic heterocycles. The minimum atomic E-state index is -2.79. The lowest BCUT2D eigenvalue weighted by molar-refractivity contribution is -0.118. The Morgan fingerprint density at radius 3 is 2.27 bits per heavy atom. The van der Waals surface area contributed by atoms with Crippen molar-refractivity contribution in [2.45, 2.75) is 36.1 Å². The molecule has 5 rings (SSSR count). The molecule has 1 fully saturated rings. The van der Waals surface area contributed by atoms with Crippen molar-refractivity contribution in [1.29, 1.82) is 4.78 Å². The molecule has 1 heterocycles. The van der Waals surface area contributed by atoms with E-state index in [4.69, 9.17) is 4.78 Å². The quantitative estimate of drug-likeness (QED) is 0.176. The number of aliphatic hydroxyl groups is 1. The molecule has 0 aliphatic heterocycles. The number of rotatable bonds is 10. The molecule has 9 nitrogen and oxygen atoms in total. The van der Waals surface area contributed by atoms with Gasteiger partial charge in [-0.3, -0.25) is 4.79 Å². The van der Waals surface area contributed by atoms with Crippen molar-refractivity contribution in [3.8, 4) is 11.1 Å². The van der Waals surface area contributed by atoms with Crippen LogP contribution in [0.25, 0.3) is 11.1 Å². The van der Waals surface area contributed by atoms with Crippen molar-refractivity contribution in [2.24, 2.45) is 0 Å². The molecule has 1 saturated carbocycles. The maximum absolute atomic E-state index is 13.1. The largest absolute Gasteiger partial charge is 0.394 e. The summed E-state index contributed by atoms with van der Waals surface area (Å²) in [6.45, 7) is 1.77. The predicted molar refractivity (Wildman–Crippen MR) is 158 cm³/mol. The predicted octanol–water partition coefficient (Wildman–Crippen LogP) is 5.39. The van der Waals surface area contributed by atoms with Crippen LogP contribution in [0.5, 0.6) is 0 Å². The van der Waals surface area contributed by atoms with Crippen molar-refractivity contribution >= 4 is 38.8 Å². The molecule has 10 heteroatoms. The second kappa shape index (κ2) is 11.1. The van der Waals surface area contributed by atoms with Crippen LogP contribution in [0.4, 0.5) is 23.1 Å². The van der Waals surface area contributed by atoms with Crippen molar-refractivity contribution in [3.63, 3.8) is 0 Å². The molecule has 206 valence electrons. The van der Waals surface area contributed by atoms with Crippen LogP contribution in [-0.2, 0) is 19.9 Å². The zero-order valence-corrected chi connectivity index (χ0v) is 23.2. The smallest absolute Gasteiger partial charge is 0.235 e. The Bertz CT molecular complexity index is 1600. The highest BCUT2D eigenvalue weighted by atomic mass is 32.2. The third-order valence-corrected chi connectivity index (χ3v) is 8.14. The van der Waals surface area contributed by atoms with E-state index < -0.39 is 15.1 Å². The number of nitrogens with one attached hydrogen (secondary N) is 4. The summed E-state index contributed by atoms with van der Waals surface area (Å²) >= 11 is 0. The van der Waals surface area contributed by atoms with Crippen LogP contribution in [0.15, 0.2) is 90.0 Å². The van der Waals surface area contributed by atoms with Gasteiger partial charge >= 0.3 is 0 Å². The highest BCUT2D eigenvalue weighted by Gasteiger charge is 2.51. The molecule has 1 aliphatic rings. The topological polar surface area (TPSA) is 140 Å². The van der Waals surface area contributed by atoms with Gasteiger partial charge in [-0.05, 0) is 67.3 Å². The number of hydrogen-bond acceptors (Lipinski definition) is 8. The van der Waals surface area contributed by atoms with Crippen LogP contribution in [0.2, 0.25) is 0 Å². The van der Waals surface area contributed by atoms with E-state index in [9.17, 15) is 14.1 Å². The van der Waals surface area contributed by atoms with Crippen LogP contribution < -0.4 is 16.0 Å². The van der Waals surface area contributed by atoms with Gasteiger partial charge in [0, 0.05) is 40.3 Å². The van der Waals surface area contributed by atoms with E-state index in [1.807, 2.05) is 61.5 Å². The van der Waals surface area contributed by atoms with Gasteiger partial charge in [0.2, 0.25) is 11.9 Å². The second-order valence-electron chi connectivity index (χ2n) is 10.2. The minimum Gasteiger partial charge on any atom is -0.394 e. The second-order valence-corrected chi connectivity index (χ2v) is 12.3. The Labute approximate surface area is 234 Å². The van der Waals surface area contributed by atoms with Gasteiger partial charge < -0.3 is 21.1 Å². The Morgan fingerprint density at radius 2 is 1.68 bits per heavy atom. The number of benzene rings is 3. The number of carbonyl (C=O) groups is 1. The van der Waals surface area contributed by atoms with E-state index in [2.05, 4.69) is 25.9 Å². The molecule has 0 saturated heterocycles. The lowest BCUT2D eigenvalue weighted by Gasteiger charge is -2.18. The summed E-state index contributed by atoms with van der Waals surface area (Å²) in [5.41, 5.74) is 3.57. The van der Waals surface area contributed by atoms with Gasteiger partial charge in [0.1, 0.15) is 5.82 Å². The van der Waals surface area contributed by atoms with Crippen LogP contribution in [-0.4, -0.2) is 44.1 Å². The first-order valence-electron chi connectivity index (χ1n) is 13.0. The Hall–Kier alpha value is -4.28. The minimum absolute atomic E-state index is 0.00128. The summed E-state index contributed by atoms with van der Waals surface area (Å²) < 4.78 is 19.7. The van der Waals surface area contributed by atoms with Crippen molar-refractivity contribution < 1.29 is 14.1 Å². The molecule has 2 atom stereocenters. The summed E-state index contributed by atoms with van der Waals surface area (Å²) in [4.78, 5) is 22.7. The van der Waals surface area contributed by atoms with Crippen molar-refractivity contribution in [2.75, 3.05) is 28.8 Å². The molecular weight excluding hydrogens is 524 g/mol. The van der Waals surface area contributed by atoms with Gasteiger partial charge in [-0.15, -0.1) is 0 Å². The first kappa shape index (κ1) is 27.3. The van der Waals surface area contributed by atoms with Gasteiger partial charge in [0.05, 0.1) is 21.8 Å². The number of anilines is 4. The third-order valence-electron chi connectivity index (χ3n) is 6.97. The first-order chi connectivity index (χ1) is 19.2. The number of nitrogens with zero attached hydrogens (tertiary/aromatic N) is 2. The molecule has 40 heavy (non-hydrogen) atoms. The van der Waals surface area contributed by atoms with Gasteiger partial charge in [0.25, 0.3) is 0 Å². The van der Waals surface area contributed by atoms with Crippen molar-refractivity contribution in [3.05, 3.63) is 90.6 Å². The number of aliphatic hydroxyl groups excluding tert-OH is 1. The number of aromatic nitrogens is 2. The average molecular weight is 557 g/mol. The lowest BCUT2D eigenvalue weighted by Crippen LogP contribution is -2.27. The highest BCUT2D eigenvalue weighted by molar-refractivity contribution is 7.91. The molecule has 4 aromatic rings.